The number of aryl methyl sites for hydroxylation is 1. The third-order valence-corrected chi connectivity index (χ3v) is 9.57. The number of anilines is 1. The van der Waals surface area contributed by atoms with Gasteiger partial charge in [0.15, 0.2) is 0 Å². The highest BCUT2D eigenvalue weighted by Crippen LogP contribution is 2.28. The van der Waals surface area contributed by atoms with Gasteiger partial charge in [0.1, 0.15) is 18.3 Å². The molecule has 43 heavy (non-hydrogen) atoms. The summed E-state index contributed by atoms with van der Waals surface area (Å²) in [7, 11) is -4.18. The molecule has 1 N–H and O–H groups in total. The number of amides is 2. The van der Waals surface area contributed by atoms with Crippen molar-refractivity contribution >= 4 is 50.7 Å². The number of benzene rings is 3. The molecule has 0 radical (unpaired) electrons. The van der Waals surface area contributed by atoms with Gasteiger partial charge in [-0.05, 0) is 87.7 Å². The van der Waals surface area contributed by atoms with E-state index >= 15 is 0 Å². The van der Waals surface area contributed by atoms with Crippen molar-refractivity contribution in [1.29, 1.82) is 0 Å². The van der Waals surface area contributed by atoms with Gasteiger partial charge in [0.25, 0.3) is 10.0 Å². The largest absolute Gasteiger partial charge is 0.494 e. The highest BCUT2D eigenvalue weighted by Gasteiger charge is 2.34. The average molecular weight is 649 g/mol. The Morgan fingerprint density at radius 1 is 0.907 bits per heavy atom. The van der Waals surface area contributed by atoms with E-state index in [1.165, 1.54) is 17.0 Å². The topological polar surface area (TPSA) is 96.0 Å². The molecule has 0 unspecified atom stereocenters. The minimum Gasteiger partial charge on any atom is -0.494 e. The predicted molar refractivity (Wildman–Crippen MR) is 172 cm³/mol. The molecule has 0 fully saturated rings. The number of rotatable bonds is 14. The molecule has 0 aliphatic rings. The Hall–Kier alpha value is -3.27. The number of nitrogens with one attached hydrogen (secondary N) is 1. The monoisotopic (exact) mass is 647 g/mol. The second-order valence-electron chi connectivity index (χ2n) is 10.3. The lowest BCUT2D eigenvalue weighted by Crippen LogP contribution is -2.53. The summed E-state index contributed by atoms with van der Waals surface area (Å²) in [6.07, 6.45) is 1.02. The van der Waals surface area contributed by atoms with Crippen LogP contribution < -0.4 is 14.4 Å². The van der Waals surface area contributed by atoms with Crippen LogP contribution in [0.2, 0.25) is 10.0 Å². The molecule has 11 heteroatoms. The summed E-state index contributed by atoms with van der Waals surface area (Å²) >= 11 is 12.4. The van der Waals surface area contributed by atoms with Crippen LogP contribution in [0.15, 0.2) is 71.6 Å². The molecular formula is C32H39Cl2N3O5S. The molecule has 0 heterocycles. The Balaban J connectivity index is 2.08. The molecule has 3 aromatic carbocycles. The maximum atomic E-state index is 14.2. The Morgan fingerprint density at radius 2 is 1.56 bits per heavy atom. The van der Waals surface area contributed by atoms with Crippen LogP contribution in [0.25, 0.3) is 0 Å². The van der Waals surface area contributed by atoms with Crippen molar-refractivity contribution in [3.63, 3.8) is 0 Å². The first-order valence-corrected chi connectivity index (χ1v) is 16.5. The molecule has 0 aromatic heterocycles. The first-order chi connectivity index (χ1) is 20.4. The fourth-order valence-electron chi connectivity index (χ4n) is 4.44. The lowest BCUT2D eigenvalue weighted by Gasteiger charge is -2.33. The van der Waals surface area contributed by atoms with Crippen molar-refractivity contribution < 1.29 is 22.7 Å². The fraction of sp³-hybridized carbons (Fsp3) is 0.375. The first-order valence-electron chi connectivity index (χ1n) is 14.3. The summed E-state index contributed by atoms with van der Waals surface area (Å²) in [6, 6.07) is 16.9. The molecule has 0 aliphatic carbocycles. The molecule has 8 nitrogen and oxygen atoms in total. The van der Waals surface area contributed by atoms with Crippen LogP contribution in [-0.2, 0) is 26.2 Å². The Labute approximate surface area is 265 Å². The summed E-state index contributed by atoms with van der Waals surface area (Å²) in [5.41, 5.74) is 1.82. The number of hydrogen-bond acceptors (Lipinski definition) is 5. The van der Waals surface area contributed by atoms with Gasteiger partial charge in [0.05, 0.1) is 27.2 Å². The van der Waals surface area contributed by atoms with Gasteiger partial charge in [0.2, 0.25) is 11.8 Å². The highest BCUT2D eigenvalue weighted by atomic mass is 35.5. The summed E-state index contributed by atoms with van der Waals surface area (Å²) in [4.78, 5) is 29.1. The first kappa shape index (κ1) is 34.2. The van der Waals surface area contributed by atoms with Gasteiger partial charge in [0, 0.05) is 12.6 Å². The second-order valence-corrected chi connectivity index (χ2v) is 12.9. The maximum Gasteiger partial charge on any atom is 0.264 e. The average Bonchev–Trinajstić information content (AvgIpc) is 2.98. The molecule has 0 saturated carbocycles. The molecule has 0 aliphatic heterocycles. The van der Waals surface area contributed by atoms with Crippen molar-refractivity contribution in [2.24, 2.45) is 0 Å². The van der Waals surface area contributed by atoms with E-state index in [1.54, 1.807) is 54.6 Å². The fourth-order valence-corrected chi connectivity index (χ4v) is 6.17. The molecule has 0 saturated heterocycles. The van der Waals surface area contributed by atoms with Crippen molar-refractivity contribution in [3.05, 3.63) is 87.9 Å². The minimum absolute atomic E-state index is 0.0177. The van der Waals surface area contributed by atoms with E-state index in [0.29, 0.717) is 40.8 Å². The lowest BCUT2D eigenvalue weighted by molar-refractivity contribution is -0.140. The zero-order valence-corrected chi connectivity index (χ0v) is 27.5. The van der Waals surface area contributed by atoms with Crippen LogP contribution in [0.3, 0.4) is 0 Å². The van der Waals surface area contributed by atoms with Crippen LogP contribution >= 0.6 is 23.2 Å². The van der Waals surface area contributed by atoms with E-state index in [-0.39, 0.29) is 29.1 Å². The molecule has 0 spiro atoms. The zero-order chi connectivity index (χ0) is 31.7. The highest BCUT2D eigenvalue weighted by molar-refractivity contribution is 7.92. The second kappa shape index (κ2) is 15.5. The van der Waals surface area contributed by atoms with Crippen molar-refractivity contribution in [2.75, 3.05) is 17.5 Å². The predicted octanol–water partition coefficient (Wildman–Crippen LogP) is 6.62. The van der Waals surface area contributed by atoms with E-state index in [9.17, 15) is 18.0 Å². The van der Waals surface area contributed by atoms with E-state index in [0.717, 1.165) is 9.87 Å². The van der Waals surface area contributed by atoms with Gasteiger partial charge < -0.3 is 15.0 Å². The van der Waals surface area contributed by atoms with Gasteiger partial charge in [-0.15, -0.1) is 0 Å². The van der Waals surface area contributed by atoms with Gasteiger partial charge >= 0.3 is 0 Å². The zero-order valence-electron chi connectivity index (χ0n) is 25.1. The van der Waals surface area contributed by atoms with E-state index < -0.39 is 28.5 Å². The lowest BCUT2D eigenvalue weighted by atomic mass is 10.1. The Morgan fingerprint density at radius 3 is 2.12 bits per heavy atom. The molecule has 2 amide bonds. The standard InChI is InChI=1S/C32H39Cl2N3O5S/c1-6-23(5)35-32(39)30(7-2)36(20-24-11-18-28(33)29(34)19-24)31(38)21-37(25-12-14-26(15-13-25)42-8-3)43(40,41)27-16-9-22(4)10-17-27/h9-19,23,30H,6-8,20-21H2,1-5H3,(H,35,39)/t23-,30-/m1/s1. The molecule has 3 aromatic rings. The molecule has 232 valence electrons. The summed E-state index contributed by atoms with van der Waals surface area (Å²) in [6.45, 7) is 9.29. The number of halogens is 2. The number of sulfonamides is 1. The number of hydrogen-bond donors (Lipinski definition) is 1. The van der Waals surface area contributed by atoms with E-state index in [1.807, 2.05) is 34.6 Å². The van der Waals surface area contributed by atoms with E-state index in [4.69, 9.17) is 27.9 Å². The van der Waals surface area contributed by atoms with Gasteiger partial charge in [-0.1, -0.05) is 60.8 Å². The van der Waals surface area contributed by atoms with Crippen LogP contribution in [0.1, 0.15) is 51.7 Å². The Kier molecular flexibility index (Phi) is 12.3. The van der Waals surface area contributed by atoms with Crippen LogP contribution in [0.5, 0.6) is 5.75 Å². The normalized spacial score (nSPS) is 12.7. The van der Waals surface area contributed by atoms with E-state index in [2.05, 4.69) is 5.32 Å². The van der Waals surface area contributed by atoms with Gasteiger partial charge in [-0.25, -0.2) is 8.42 Å². The Bertz CT molecular complexity index is 1500. The summed E-state index contributed by atoms with van der Waals surface area (Å²) < 4.78 is 34.6. The van der Waals surface area contributed by atoms with Crippen LogP contribution in [0.4, 0.5) is 5.69 Å². The van der Waals surface area contributed by atoms with Crippen LogP contribution in [-0.4, -0.2) is 50.4 Å². The van der Waals surface area contributed by atoms with Crippen molar-refractivity contribution in [2.45, 2.75) is 71.0 Å². The van der Waals surface area contributed by atoms with Gasteiger partial charge in [-0.2, -0.15) is 0 Å². The van der Waals surface area contributed by atoms with Crippen molar-refractivity contribution in [3.8, 4) is 5.75 Å². The molecule has 3 rings (SSSR count). The smallest absolute Gasteiger partial charge is 0.264 e. The van der Waals surface area contributed by atoms with Gasteiger partial charge in [-0.3, -0.25) is 13.9 Å². The molecule has 2 atom stereocenters. The number of nitrogens with zero attached hydrogens (tertiary/aromatic N) is 2. The number of ether oxygens (including phenoxy) is 1. The molecule has 0 bridgehead atoms. The third-order valence-electron chi connectivity index (χ3n) is 7.05. The number of carbonyl (C=O) groups excluding carboxylic acids is 2. The minimum atomic E-state index is -4.18. The van der Waals surface area contributed by atoms with Crippen molar-refractivity contribution in [1.82, 2.24) is 10.2 Å². The quantitative estimate of drug-likeness (QED) is 0.212. The molecular weight excluding hydrogens is 609 g/mol. The third kappa shape index (κ3) is 8.87. The maximum absolute atomic E-state index is 14.2. The summed E-state index contributed by atoms with van der Waals surface area (Å²) in [5, 5.41) is 3.63. The van der Waals surface area contributed by atoms with Crippen LogP contribution in [0, 0.1) is 6.92 Å². The summed E-state index contributed by atoms with van der Waals surface area (Å²) in [5.74, 6) is -0.305. The SMILES string of the molecule is CCOc1ccc(N(CC(=O)N(Cc2ccc(Cl)c(Cl)c2)[C@H](CC)C(=O)N[C@H](C)CC)S(=O)(=O)c2ccc(C)cc2)cc1. The number of carbonyl (C=O) groups is 2.